The number of amides is 1. The predicted molar refractivity (Wildman–Crippen MR) is 79.2 cm³/mol. The average Bonchev–Trinajstić information content (AvgIpc) is 2.39. The molecule has 0 aliphatic carbocycles. The number of methoxy groups -OCH3 is 2. The number of carboxylic acid groups (broad SMARTS) is 1. The van der Waals surface area contributed by atoms with Crippen molar-refractivity contribution in [2.24, 2.45) is 5.92 Å². The molecule has 1 unspecified atom stereocenters. The minimum atomic E-state index is -0.931. The highest BCUT2D eigenvalue weighted by Crippen LogP contribution is 2.36. The Bertz CT molecular complexity index is 532. The number of hydrogen-bond donors (Lipinski definition) is 2. The number of hydrogen-bond acceptors (Lipinski definition) is 4. The highest BCUT2D eigenvalue weighted by molar-refractivity contribution is 6.34. The Labute approximate surface area is 128 Å². The number of rotatable bonds is 7. The molecule has 0 saturated carbocycles. The number of carbonyl (C=O) groups excluding carboxylic acids is 1. The Kier molecular flexibility index (Phi) is 6.30. The van der Waals surface area contributed by atoms with Crippen LogP contribution in [-0.4, -0.2) is 31.2 Å². The van der Waals surface area contributed by atoms with E-state index in [1.165, 1.54) is 20.3 Å². The van der Waals surface area contributed by atoms with Gasteiger partial charge < -0.3 is 19.9 Å². The van der Waals surface area contributed by atoms with Crippen LogP contribution in [0.2, 0.25) is 5.02 Å². The van der Waals surface area contributed by atoms with Gasteiger partial charge in [-0.05, 0) is 5.92 Å². The van der Waals surface area contributed by atoms with Crippen LogP contribution in [0.15, 0.2) is 12.1 Å². The second kappa shape index (κ2) is 7.73. The summed E-state index contributed by atoms with van der Waals surface area (Å²) in [7, 11) is 2.96. The number of carbonyl (C=O) groups is 2. The number of carboxylic acids is 1. The van der Waals surface area contributed by atoms with Crippen LogP contribution < -0.4 is 14.8 Å². The van der Waals surface area contributed by atoms with Crippen molar-refractivity contribution >= 4 is 29.2 Å². The molecule has 0 spiro atoms. The zero-order chi connectivity index (χ0) is 16.0. The maximum absolute atomic E-state index is 11.9. The molecule has 0 bridgehead atoms. The second-order valence-electron chi connectivity index (χ2n) is 4.64. The molecule has 1 amide bonds. The van der Waals surface area contributed by atoms with Gasteiger partial charge in [-0.3, -0.25) is 9.59 Å². The molecule has 1 aromatic rings. The largest absolute Gasteiger partial charge is 0.493 e. The van der Waals surface area contributed by atoms with Crippen LogP contribution in [0.4, 0.5) is 5.69 Å². The zero-order valence-electron chi connectivity index (χ0n) is 12.1. The molecule has 0 fully saturated rings. The molecule has 0 aromatic heterocycles. The summed E-state index contributed by atoms with van der Waals surface area (Å²) < 4.78 is 10.2. The molecule has 1 atom stereocenters. The van der Waals surface area contributed by atoms with E-state index in [-0.39, 0.29) is 24.7 Å². The van der Waals surface area contributed by atoms with E-state index in [2.05, 4.69) is 5.32 Å². The lowest BCUT2D eigenvalue weighted by Crippen LogP contribution is -2.17. The fourth-order valence-electron chi connectivity index (χ4n) is 1.84. The molecule has 1 aromatic carbocycles. The standard InChI is InChI=1S/C14H18ClNO5/c1-8(5-14(18)19)4-13(17)16-10-7-12(21-3)11(20-2)6-9(10)15/h6-8H,4-5H2,1-3H3,(H,16,17)(H,18,19). The molecular weight excluding hydrogens is 298 g/mol. The van der Waals surface area contributed by atoms with Crippen molar-refractivity contribution in [1.82, 2.24) is 0 Å². The smallest absolute Gasteiger partial charge is 0.303 e. The number of anilines is 1. The van der Waals surface area contributed by atoms with E-state index >= 15 is 0 Å². The Morgan fingerprint density at radius 2 is 1.81 bits per heavy atom. The van der Waals surface area contributed by atoms with Gasteiger partial charge in [-0.15, -0.1) is 0 Å². The van der Waals surface area contributed by atoms with Crippen LogP contribution in [0.3, 0.4) is 0 Å². The minimum absolute atomic E-state index is 0.0624. The summed E-state index contributed by atoms with van der Waals surface area (Å²) in [6, 6.07) is 3.09. The van der Waals surface area contributed by atoms with Gasteiger partial charge in [0.1, 0.15) is 0 Å². The van der Waals surface area contributed by atoms with Gasteiger partial charge in [0.25, 0.3) is 0 Å². The highest BCUT2D eigenvalue weighted by Gasteiger charge is 2.15. The van der Waals surface area contributed by atoms with E-state index in [0.29, 0.717) is 22.2 Å². The molecule has 0 aliphatic heterocycles. The van der Waals surface area contributed by atoms with Gasteiger partial charge in [-0.1, -0.05) is 18.5 Å². The van der Waals surface area contributed by atoms with Crippen LogP contribution >= 0.6 is 11.6 Å². The van der Waals surface area contributed by atoms with E-state index in [9.17, 15) is 9.59 Å². The molecule has 7 heteroatoms. The lowest BCUT2D eigenvalue weighted by molar-refractivity contribution is -0.138. The fourth-order valence-corrected chi connectivity index (χ4v) is 2.04. The van der Waals surface area contributed by atoms with Crippen molar-refractivity contribution in [1.29, 1.82) is 0 Å². The number of aliphatic carboxylic acids is 1. The van der Waals surface area contributed by atoms with Crippen molar-refractivity contribution in [2.45, 2.75) is 19.8 Å². The SMILES string of the molecule is COc1cc(Cl)c(NC(=O)CC(C)CC(=O)O)cc1OC. The fraction of sp³-hybridized carbons (Fsp3) is 0.429. The van der Waals surface area contributed by atoms with Gasteiger partial charge in [0, 0.05) is 25.0 Å². The van der Waals surface area contributed by atoms with E-state index < -0.39 is 5.97 Å². The molecule has 0 radical (unpaired) electrons. The van der Waals surface area contributed by atoms with Crippen molar-refractivity contribution in [3.63, 3.8) is 0 Å². The summed E-state index contributed by atoms with van der Waals surface area (Å²) in [4.78, 5) is 22.5. The van der Waals surface area contributed by atoms with Gasteiger partial charge in [0.2, 0.25) is 5.91 Å². The summed E-state index contributed by atoms with van der Waals surface area (Å²) in [6.07, 6.45) is 0.0318. The molecule has 116 valence electrons. The van der Waals surface area contributed by atoms with Crippen LogP contribution in [-0.2, 0) is 9.59 Å². The summed E-state index contributed by atoms with van der Waals surface area (Å²) >= 11 is 6.06. The van der Waals surface area contributed by atoms with Crippen LogP contribution in [0.25, 0.3) is 0 Å². The second-order valence-corrected chi connectivity index (χ2v) is 5.05. The highest BCUT2D eigenvalue weighted by atomic mass is 35.5. The monoisotopic (exact) mass is 315 g/mol. The molecule has 0 aliphatic rings. The third-order valence-electron chi connectivity index (χ3n) is 2.80. The van der Waals surface area contributed by atoms with Crippen LogP contribution in [0.5, 0.6) is 11.5 Å². The molecular formula is C14H18ClNO5. The molecule has 21 heavy (non-hydrogen) atoms. The van der Waals surface area contributed by atoms with E-state index in [4.69, 9.17) is 26.2 Å². The number of benzene rings is 1. The molecule has 2 N–H and O–H groups in total. The summed E-state index contributed by atoms with van der Waals surface area (Å²) in [5.41, 5.74) is 0.391. The number of nitrogens with one attached hydrogen (secondary N) is 1. The topological polar surface area (TPSA) is 84.9 Å². The normalized spacial score (nSPS) is 11.6. The number of ether oxygens (including phenoxy) is 2. The van der Waals surface area contributed by atoms with Crippen molar-refractivity contribution in [3.8, 4) is 11.5 Å². The Morgan fingerprint density at radius 1 is 1.24 bits per heavy atom. The average molecular weight is 316 g/mol. The van der Waals surface area contributed by atoms with Crippen molar-refractivity contribution in [2.75, 3.05) is 19.5 Å². The van der Waals surface area contributed by atoms with Gasteiger partial charge in [-0.2, -0.15) is 0 Å². The van der Waals surface area contributed by atoms with Gasteiger partial charge in [0.05, 0.1) is 24.9 Å². The maximum atomic E-state index is 11.9. The van der Waals surface area contributed by atoms with Crippen LogP contribution in [0, 0.1) is 5.92 Å². The Morgan fingerprint density at radius 3 is 2.33 bits per heavy atom. The Hall–Kier alpha value is -1.95. The third kappa shape index (κ3) is 5.15. The molecule has 0 saturated heterocycles. The van der Waals surface area contributed by atoms with Gasteiger partial charge in [0.15, 0.2) is 11.5 Å². The lowest BCUT2D eigenvalue weighted by atomic mass is 10.0. The summed E-state index contributed by atoms with van der Waals surface area (Å²) in [5.74, 6) is -0.603. The van der Waals surface area contributed by atoms with Crippen LogP contribution in [0.1, 0.15) is 19.8 Å². The first-order valence-corrected chi connectivity index (χ1v) is 6.68. The van der Waals surface area contributed by atoms with Gasteiger partial charge >= 0.3 is 5.97 Å². The first-order valence-electron chi connectivity index (χ1n) is 6.30. The zero-order valence-corrected chi connectivity index (χ0v) is 12.9. The van der Waals surface area contributed by atoms with Gasteiger partial charge in [-0.25, -0.2) is 0 Å². The quantitative estimate of drug-likeness (QED) is 0.808. The van der Waals surface area contributed by atoms with Crippen molar-refractivity contribution in [3.05, 3.63) is 17.2 Å². The van der Waals surface area contributed by atoms with Crippen molar-refractivity contribution < 1.29 is 24.2 Å². The predicted octanol–water partition coefficient (Wildman–Crippen LogP) is 2.80. The minimum Gasteiger partial charge on any atom is -0.493 e. The third-order valence-corrected chi connectivity index (χ3v) is 3.12. The first kappa shape index (κ1) is 17.1. The molecule has 6 nitrogen and oxygen atoms in total. The van der Waals surface area contributed by atoms with E-state index in [1.54, 1.807) is 13.0 Å². The number of halogens is 1. The summed E-state index contributed by atoms with van der Waals surface area (Å²) in [5, 5.41) is 11.6. The molecule has 0 heterocycles. The first-order chi connectivity index (χ1) is 9.87. The Balaban J connectivity index is 2.78. The molecule has 1 rings (SSSR count). The van der Waals surface area contributed by atoms with E-state index in [0.717, 1.165) is 0 Å². The lowest BCUT2D eigenvalue weighted by Gasteiger charge is -2.13. The maximum Gasteiger partial charge on any atom is 0.303 e. The van der Waals surface area contributed by atoms with E-state index in [1.807, 2.05) is 0 Å². The summed E-state index contributed by atoms with van der Waals surface area (Å²) in [6.45, 7) is 1.70.